The quantitative estimate of drug-likeness (QED) is 0.501. The number of nitrogens with zero attached hydrogens (tertiary/aromatic N) is 1. The van der Waals surface area contributed by atoms with Gasteiger partial charge in [0.05, 0.1) is 11.3 Å². The number of rotatable bonds is 4. The smallest absolute Gasteiger partial charge is 0.335 e. The van der Waals surface area contributed by atoms with E-state index in [1.54, 1.807) is 18.3 Å². The Balaban J connectivity index is 2.65. The standard InChI is InChI=1S/C12H11N3O4S/c13-9-4-8(12(16)17)5-10(15-20(18)19)11(9)7-2-1-3-14-6-7/h1-6,15H,13H2,(H,16,17)(H,18,19). The normalized spacial score (nSPS) is 11.8. The Kier molecular flexibility index (Phi) is 3.97. The van der Waals surface area contributed by atoms with Gasteiger partial charge in [-0.3, -0.25) is 14.3 Å². The lowest BCUT2D eigenvalue weighted by molar-refractivity contribution is 0.0697. The summed E-state index contributed by atoms with van der Waals surface area (Å²) in [5.41, 5.74) is 7.13. The predicted molar refractivity (Wildman–Crippen MR) is 75.4 cm³/mol. The summed E-state index contributed by atoms with van der Waals surface area (Å²) in [6.45, 7) is 0. The molecule has 8 heteroatoms. The van der Waals surface area contributed by atoms with Crippen molar-refractivity contribution in [3.8, 4) is 11.1 Å². The summed E-state index contributed by atoms with van der Waals surface area (Å²) < 4.78 is 22.2. The molecule has 0 amide bonds. The Morgan fingerprint density at radius 3 is 2.70 bits per heavy atom. The highest BCUT2D eigenvalue weighted by Gasteiger charge is 2.15. The van der Waals surface area contributed by atoms with E-state index in [0.29, 0.717) is 11.1 Å². The number of pyridine rings is 1. The number of hydrogen-bond acceptors (Lipinski definition) is 4. The highest BCUT2D eigenvalue weighted by Crippen LogP contribution is 2.34. The number of nitrogens with two attached hydrogens (primary N) is 1. The molecule has 0 aliphatic rings. The zero-order valence-electron chi connectivity index (χ0n) is 10.1. The summed E-state index contributed by atoms with van der Waals surface area (Å²) in [5.74, 6) is -1.18. The number of nitrogens with one attached hydrogen (secondary N) is 1. The van der Waals surface area contributed by atoms with Gasteiger partial charge in [0, 0.05) is 29.2 Å². The fraction of sp³-hybridized carbons (Fsp3) is 0. The van der Waals surface area contributed by atoms with Crippen LogP contribution in [0.2, 0.25) is 0 Å². The summed E-state index contributed by atoms with van der Waals surface area (Å²) in [5, 5.41) is 9.00. The number of nitrogen functional groups attached to an aromatic ring is 1. The van der Waals surface area contributed by atoms with Gasteiger partial charge in [-0.1, -0.05) is 6.07 Å². The molecular weight excluding hydrogens is 282 g/mol. The highest BCUT2D eigenvalue weighted by molar-refractivity contribution is 7.80. The topological polar surface area (TPSA) is 126 Å². The lowest BCUT2D eigenvalue weighted by Crippen LogP contribution is -2.08. The Bertz CT molecular complexity index is 676. The van der Waals surface area contributed by atoms with Crippen LogP contribution in [0.25, 0.3) is 11.1 Å². The first-order valence-electron chi connectivity index (χ1n) is 5.43. The van der Waals surface area contributed by atoms with Crippen LogP contribution >= 0.6 is 0 Å². The van der Waals surface area contributed by atoms with E-state index in [9.17, 15) is 9.00 Å². The van der Waals surface area contributed by atoms with Crippen molar-refractivity contribution in [3.05, 3.63) is 42.2 Å². The molecule has 0 aliphatic heterocycles. The maximum absolute atomic E-state index is 11.0. The van der Waals surface area contributed by atoms with Gasteiger partial charge in [0.25, 0.3) is 11.3 Å². The molecule has 0 bridgehead atoms. The monoisotopic (exact) mass is 293 g/mol. The van der Waals surface area contributed by atoms with Gasteiger partial charge in [-0.05, 0) is 18.2 Å². The maximum Gasteiger partial charge on any atom is 0.335 e. The predicted octanol–water partition coefficient (Wildman–Crippen LogP) is 1.58. The summed E-state index contributed by atoms with van der Waals surface area (Å²) in [6, 6.07) is 5.93. The number of carbonyl (C=O) groups is 1. The average molecular weight is 293 g/mol. The van der Waals surface area contributed by atoms with Gasteiger partial charge in [0.2, 0.25) is 0 Å². The van der Waals surface area contributed by atoms with Crippen molar-refractivity contribution in [2.24, 2.45) is 0 Å². The first-order valence-corrected chi connectivity index (χ1v) is 6.54. The molecule has 0 saturated carbocycles. The molecule has 0 fully saturated rings. The van der Waals surface area contributed by atoms with Crippen molar-refractivity contribution >= 4 is 28.6 Å². The van der Waals surface area contributed by atoms with E-state index in [-0.39, 0.29) is 16.9 Å². The highest BCUT2D eigenvalue weighted by atomic mass is 32.2. The lowest BCUT2D eigenvalue weighted by Gasteiger charge is -2.13. The SMILES string of the molecule is Nc1cc(C(=O)O)cc(NS(=O)O)c1-c1cccnc1. The van der Waals surface area contributed by atoms with Crippen LogP contribution in [-0.4, -0.2) is 24.8 Å². The first-order chi connectivity index (χ1) is 9.49. The molecule has 5 N–H and O–H groups in total. The minimum absolute atomic E-state index is 0.0805. The van der Waals surface area contributed by atoms with Gasteiger partial charge >= 0.3 is 5.97 Å². The van der Waals surface area contributed by atoms with Crippen LogP contribution < -0.4 is 10.5 Å². The van der Waals surface area contributed by atoms with E-state index < -0.39 is 17.2 Å². The molecule has 1 aromatic carbocycles. The molecule has 0 aliphatic carbocycles. The fourth-order valence-corrected chi connectivity index (χ4v) is 2.14. The fourth-order valence-electron chi connectivity index (χ4n) is 1.80. The second kappa shape index (κ2) is 5.68. The van der Waals surface area contributed by atoms with Crippen LogP contribution in [0.5, 0.6) is 0 Å². The molecule has 2 rings (SSSR count). The van der Waals surface area contributed by atoms with Gasteiger partial charge < -0.3 is 10.8 Å². The molecule has 0 radical (unpaired) electrons. The van der Waals surface area contributed by atoms with Gasteiger partial charge in [0.1, 0.15) is 0 Å². The molecule has 0 saturated heterocycles. The minimum Gasteiger partial charge on any atom is -0.478 e. The van der Waals surface area contributed by atoms with Crippen LogP contribution in [0.4, 0.5) is 11.4 Å². The van der Waals surface area contributed by atoms with Gasteiger partial charge in [0.15, 0.2) is 0 Å². The first kappa shape index (κ1) is 14.0. The number of hydrogen-bond donors (Lipinski definition) is 4. The number of carboxylic acid groups (broad SMARTS) is 1. The van der Waals surface area contributed by atoms with E-state index in [2.05, 4.69) is 9.71 Å². The Hall–Kier alpha value is -2.45. The van der Waals surface area contributed by atoms with Gasteiger partial charge in [-0.25, -0.2) is 9.00 Å². The summed E-state index contributed by atoms with van der Waals surface area (Å²) in [7, 11) is 0. The Morgan fingerprint density at radius 1 is 1.40 bits per heavy atom. The Labute approximate surface area is 116 Å². The lowest BCUT2D eigenvalue weighted by atomic mass is 10.0. The Morgan fingerprint density at radius 2 is 2.15 bits per heavy atom. The van der Waals surface area contributed by atoms with Crippen molar-refractivity contribution in [1.82, 2.24) is 4.98 Å². The summed E-state index contributed by atoms with van der Waals surface area (Å²) in [6.07, 6.45) is 3.10. The molecule has 1 atom stereocenters. The second-order valence-corrected chi connectivity index (χ2v) is 4.59. The third kappa shape index (κ3) is 2.92. The van der Waals surface area contributed by atoms with E-state index in [0.717, 1.165) is 0 Å². The molecule has 104 valence electrons. The molecule has 0 spiro atoms. The molecule has 7 nitrogen and oxygen atoms in total. The van der Waals surface area contributed by atoms with Crippen molar-refractivity contribution in [3.63, 3.8) is 0 Å². The summed E-state index contributed by atoms with van der Waals surface area (Å²) >= 11 is -2.35. The van der Waals surface area contributed by atoms with Gasteiger partial charge in [-0.15, -0.1) is 0 Å². The van der Waals surface area contributed by atoms with E-state index in [1.807, 2.05) is 0 Å². The molecule has 20 heavy (non-hydrogen) atoms. The van der Waals surface area contributed by atoms with Crippen LogP contribution in [-0.2, 0) is 11.3 Å². The molecule has 1 aromatic heterocycles. The third-order valence-electron chi connectivity index (χ3n) is 2.56. The zero-order valence-corrected chi connectivity index (χ0v) is 10.9. The maximum atomic E-state index is 11.0. The van der Waals surface area contributed by atoms with Gasteiger partial charge in [-0.2, -0.15) is 0 Å². The largest absolute Gasteiger partial charge is 0.478 e. The van der Waals surface area contributed by atoms with Crippen LogP contribution in [0, 0.1) is 0 Å². The molecule has 1 unspecified atom stereocenters. The van der Waals surface area contributed by atoms with Crippen molar-refractivity contribution in [2.45, 2.75) is 0 Å². The van der Waals surface area contributed by atoms with E-state index >= 15 is 0 Å². The van der Waals surface area contributed by atoms with Crippen molar-refractivity contribution in [1.29, 1.82) is 0 Å². The third-order valence-corrected chi connectivity index (χ3v) is 2.96. The second-order valence-electron chi connectivity index (χ2n) is 3.89. The van der Waals surface area contributed by atoms with Crippen molar-refractivity contribution in [2.75, 3.05) is 10.5 Å². The number of benzene rings is 1. The van der Waals surface area contributed by atoms with Crippen LogP contribution in [0.15, 0.2) is 36.7 Å². The number of anilines is 2. The molecule has 1 heterocycles. The van der Waals surface area contributed by atoms with Crippen LogP contribution in [0.3, 0.4) is 0 Å². The molecular formula is C12H11N3O4S. The van der Waals surface area contributed by atoms with E-state index in [1.165, 1.54) is 18.3 Å². The average Bonchev–Trinajstić information content (AvgIpc) is 2.38. The summed E-state index contributed by atoms with van der Waals surface area (Å²) in [4.78, 5) is 14.9. The number of aromatic carboxylic acids is 1. The zero-order chi connectivity index (χ0) is 14.7. The minimum atomic E-state index is -2.35. The number of carboxylic acids is 1. The number of aromatic nitrogens is 1. The molecule has 2 aromatic rings. The van der Waals surface area contributed by atoms with Crippen LogP contribution in [0.1, 0.15) is 10.4 Å². The van der Waals surface area contributed by atoms with E-state index in [4.69, 9.17) is 15.4 Å². The van der Waals surface area contributed by atoms with Crippen molar-refractivity contribution < 1.29 is 18.7 Å².